The van der Waals surface area contributed by atoms with E-state index in [1.807, 2.05) is 28.0 Å². The number of nitrogen functional groups attached to an aromatic ring is 1. The molecule has 0 bridgehead atoms. The third-order valence-corrected chi connectivity index (χ3v) is 5.28. The third kappa shape index (κ3) is 4.38. The number of hydrogen-bond donors (Lipinski definition) is 1. The zero-order valence-electron chi connectivity index (χ0n) is 16.2. The molecule has 0 saturated carbocycles. The quantitative estimate of drug-likeness (QED) is 0.583. The highest BCUT2D eigenvalue weighted by Gasteiger charge is 2.30. The van der Waals surface area contributed by atoms with Gasteiger partial charge in [0.25, 0.3) is 0 Å². The van der Waals surface area contributed by atoms with E-state index < -0.39 is 4.92 Å². The molecule has 10 nitrogen and oxygen atoms in total. The number of rotatable bonds is 5. The molecule has 3 heterocycles. The van der Waals surface area contributed by atoms with Crippen LogP contribution < -0.4 is 15.5 Å². The summed E-state index contributed by atoms with van der Waals surface area (Å²) in [6.07, 6.45) is 0. The average Bonchev–Trinajstić information content (AvgIpc) is 2.75. The summed E-state index contributed by atoms with van der Waals surface area (Å²) in [4.78, 5) is 26.2. The molecule has 0 unspecified atom stereocenters. The van der Waals surface area contributed by atoms with Gasteiger partial charge in [0, 0.05) is 45.8 Å². The van der Waals surface area contributed by atoms with Crippen LogP contribution in [0.4, 0.5) is 23.3 Å². The Morgan fingerprint density at radius 2 is 1.69 bits per heavy atom. The fraction of sp³-hybridized carbons (Fsp3) is 0.474. The third-order valence-electron chi connectivity index (χ3n) is 5.28. The Kier molecular flexibility index (Phi) is 5.72. The van der Waals surface area contributed by atoms with Gasteiger partial charge >= 0.3 is 5.69 Å². The van der Waals surface area contributed by atoms with Crippen molar-refractivity contribution in [1.29, 1.82) is 0 Å². The molecule has 29 heavy (non-hydrogen) atoms. The maximum atomic E-state index is 11.6. The van der Waals surface area contributed by atoms with E-state index in [4.69, 9.17) is 10.5 Å². The highest BCUT2D eigenvalue weighted by atomic mass is 16.6. The SMILES string of the molecule is Nc1nc(N2CCN(Cc3ccccc3)CC2)nc(N2CCOCC2)c1[N+](=O)[O-]. The standard InChI is InChI=1S/C19H25N7O3/c20-17-16(26(27)28)18(24-10-12-29-13-11-24)22-19(21-17)25-8-6-23(7-9-25)14-15-4-2-1-3-5-15/h1-5H,6-14H2,(H2,20,21,22). The Hall–Kier alpha value is -2.98. The summed E-state index contributed by atoms with van der Waals surface area (Å²) in [5, 5.41) is 11.6. The van der Waals surface area contributed by atoms with E-state index in [-0.39, 0.29) is 17.3 Å². The van der Waals surface area contributed by atoms with E-state index in [1.165, 1.54) is 5.56 Å². The van der Waals surface area contributed by atoms with Crippen LogP contribution in [0, 0.1) is 10.1 Å². The summed E-state index contributed by atoms with van der Waals surface area (Å²) in [6, 6.07) is 10.4. The number of benzene rings is 1. The van der Waals surface area contributed by atoms with Crippen LogP contribution in [0.3, 0.4) is 0 Å². The Labute approximate surface area is 169 Å². The number of piperazine rings is 1. The lowest BCUT2D eigenvalue weighted by Gasteiger charge is -2.35. The molecule has 2 aliphatic rings. The van der Waals surface area contributed by atoms with Crippen LogP contribution in [0.5, 0.6) is 0 Å². The summed E-state index contributed by atoms with van der Waals surface area (Å²) in [5.74, 6) is 0.648. The van der Waals surface area contributed by atoms with Crippen molar-refractivity contribution in [3.05, 3.63) is 46.0 Å². The van der Waals surface area contributed by atoms with Crippen LogP contribution in [0.15, 0.2) is 30.3 Å². The van der Waals surface area contributed by atoms with Gasteiger partial charge in [0.15, 0.2) is 0 Å². The summed E-state index contributed by atoms with van der Waals surface area (Å²) in [7, 11) is 0. The van der Waals surface area contributed by atoms with Gasteiger partial charge in [-0.05, 0) is 5.56 Å². The first kappa shape index (κ1) is 19.3. The molecule has 0 spiro atoms. The minimum atomic E-state index is -0.498. The Bertz CT molecular complexity index is 850. The molecule has 0 amide bonds. The van der Waals surface area contributed by atoms with Crippen LogP contribution in [-0.2, 0) is 11.3 Å². The molecular formula is C19H25N7O3. The molecule has 1 aromatic carbocycles. The Morgan fingerprint density at radius 3 is 2.34 bits per heavy atom. The van der Waals surface area contributed by atoms with Gasteiger partial charge in [0.05, 0.1) is 18.1 Å². The predicted octanol–water partition coefficient (Wildman–Crippen LogP) is 1.13. The molecule has 2 fully saturated rings. The van der Waals surface area contributed by atoms with Crippen molar-refractivity contribution in [2.45, 2.75) is 6.54 Å². The van der Waals surface area contributed by atoms with Crippen molar-refractivity contribution in [3.63, 3.8) is 0 Å². The lowest BCUT2D eigenvalue weighted by atomic mass is 10.2. The molecule has 1 aromatic heterocycles. The maximum Gasteiger partial charge on any atom is 0.353 e. The van der Waals surface area contributed by atoms with Gasteiger partial charge in [-0.15, -0.1) is 0 Å². The molecule has 154 valence electrons. The van der Waals surface area contributed by atoms with E-state index in [0.29, 0.717) is 32.3 Å². The molecule has 10 heteroatoms. The number of nitrogens with two attached hydrogens (primary N) is 1. The molecule has 2 N–H and O–H groups in total. The zero-order valence-corrected chi connectivity index (χ0v) is 16.2. The van der Waals surface area contributed by atoms with E-state index in [0.717, 1.165) is 32.7 Å². The lowest BCUT2D eigenvalue weighted by Crippen LogP contribution is -2.46. The van der Waals surface area contributed by atoms with Crippen molar-refractivity contribution < 1.29 is 9.66 Å². The lowest BCUT2D eigenvalue weighted by molar-refractivity contribution is -0.383. The highest BCUT2D eigenvalue weighted by Crippen LogP contribution is 2.33. The second kappa shape index (κ2) is 8.58. The number of anilines is 3. The monoisotopic (exact) mass is 399 g/mol. The van der Waals surface area contributed by atoms with Gasteiger partial charge in [0.1, 0.15) is 0 Å². The first-order valence-electron chi connectivity index (χ1n) is 9.77. The van der Waals surface area contributed by atoms with Crippen molar-refractivity contribution in [3.8, 4) is 0 Å². The van der Waals surface area contributed by atoms with Gasteiger partial charge in [-0.1, -0.05) is 30.3 Å². The van der Waals surface area contributed by atoms with E-state index in [2.05, 4.69) is 27.0 Å². The summed E-state index contributed by atoms with van der Waals surface area (Å²) in [6.45, 7) is 6.21. The van der Waals surface area contributed by atoms with Crippen LogP contribution in [0.25, 0.3) is 0 Å². The number of ether oxygens (including phenoxy) is 1. The Morgan fingerprint density at radius 1 is 1.00 bits per heavy atom. The molecule has 2 saturated heterocycles. The van der Waals surface area contributed by atoms with E-state index in [1.54, 1.807) is 0 Å². The molecule has 2 aromatic rings. The van der Waals surface area contributed by atoms with Crippen LogP contribution in [-0.4, -0.2) is 72.3 Å². The number of nitrogens with zero attached hydrogens (tertiary/aromatic N) is 6. The minimum absolute atomic E-state index is 0.0896. The second-order valence-corrected chi connectivity index (χ2v) is 7.19. The fourth-order valence-corrected chi connectivity index (χ4v) is 3.71. The second-order valence-electron chi connectivity index (χ2n) is 7.19. The van der Waals surface area contributed by atoms with Gasteiger partial charge < -0.3 is 20.3 Å². The van der Waals surface area contributed by atoms with Crippen molar-refractivity contribution >= 4 is 23.3 Å². The number of morpholine rings is 1. The molecule has 0 radical (unpaired) electrons. The van der Waals surface area contributed by atoms with Crippen molar-refractivity contribution in [1.82, 2.24) is 14.9 Å². The highest BCUT2D eigenvalue weighted by molar-refractivity contribution is 5.71. The first-order chi connectivity index (χ1) is 14.1. The molecule has 2 aliphatic heterocycles. The van der Waals surface area contributed by atoms with E-state index >= 15 is 0 Å². The van der Waals surface area contributed by atoms with Crippen molar-refractivity contribution in [2.24, 2.45) is 0 Å². The smallest absolute Gasteiger partial charge is 0.353 e. The average molecular weight is 399 g/mol. The fourth-order valence-electron chi connectivity index (χ4n) is 3.71. The number of hydrogen-bond acceptors (Lipinski definition) is 9. The van der Waals surface area contributed by atoms with Crippen LogP contribution >= 0.6 is 0 Å². The molecule has 0 atom stereocenters. The normalized spacial score (nSPS) is 18.1. The van der Waals surface area contributed by atoms with Gasteiger partial charge in [-0.25, -0.2) is 0 Å². The molecular weight excluding hydrogens is 374 g/mol. The largest absolute Gasteiger partial charge is 0.378 e. The summed E-state index contributed by atoms with van der Waals surface area (Å²) >= 11 is 0. The Balaban J connectivity index is 1.50. The van der Waals surface area contributed by atoms with Gasteiger partial charge in [-0.2, -0.15) is 9.97 Å². The zero-order chi connectivity index (χ0) is 20.2. The van der Waals surface area contributed by atoms with Gasteiger partial charge in [-0.3, -0.25) is 15.0 Å². The van der Waals surface area contributed by atoms with Crippen molar-refractivity contribution in [2.75, 3.05) is 68.0 Å². The first-order valence-corrected chi connectivity index (χ1v) is 9.77. The molecule has 4 rings (SSSR count). The molecule has 0 aliphatic carbocycles. The topological polar surface area (TPSA) is 114 Å². The number of nitro groups is 1. The van der Waals surface area contributed by atoms with Crippen LogP contribution in [0.2, 0.25) is 0 Å². The predicted molar refractivity (Wildman–Crippen MR) is 110 cm³/mol. The maximum absolute atomic E-state index is 11.6. The van der Waals surface area contributed by atoms with E-state index in [9.17, 15) is 10.1 Å². The van der Waals surface area contributed by atoms with Crippen LogP contribution in [0.1, 0.15) is 5.56 Å². The summed E-state index contributed by atoms with van der Waals surface area (Å²) in [5.41, 5.74) is 7.04. The van der Waals surface area contributed by atoms with Gasteiger partial charge in [0.2, 0.25) is 17.6 Å². The minimum Gasteiger partial charge on any atom is -0.378 e. The number of aromatic nitrogens is 2. The summed E-state index contributed by atoms with van der Waals surface area (Å²) < 4.78 is 5.36.